The maximum absolute atomic E-state index is 12.2. The van der Waals surface area contributed by atoms with Gasteiger partial charge < -0.3 is 9.80 Å². The Bertz CT molecular complexity index is 990. The molecule has 5 heterocycles. The quantitative estimate of drug-likeness (QED) is 0.641. The van der Waals surface area contributed by atoms with Gasteiger partial charge in [-0.25, -0.2) is 4.68 Å². The van der Waals surface area contributed by atoms with E-state index in [0.29, 0.717) is 11.8 Å². The highest BCUT2D eigenvalue weighted by Gasteiger charge is 2.26. The first kappa shape index (κ1) is 19.2. The number of hydrogen-bond donors (Lipinski definition) is 0. The SMILES string of the molecule is O=C1CCCCCN1CCN1CCC(c2nnc3ccc(-n4cccn4)nn23)CC1. The van der Waals surface area contributed by atoms with Gasteiger partial charge in [-0.15, -0.1) is 15.3 Å². The molecule has 0 spiro atoms. The summed E-state index contributed by atoms with van der Waals surface area (Å²) in [5.41, 5.74) is 0.767. The van der Waals surface area contributed by atoms with Gasteiger partial charge in [0.15, 0.2) is 17.3 Å². The van der Waals surface area contributed by atoms with E-state index in [-0.39, 0.29) is 0 Å². The number of likely N-dealkylation sites (tertiary alicyclic amines) is 2. The molecule has 0 N–H and O–H groups in total. The number of aromatic nitrogens is 6. The molecule has 158 valence electrons. The molecule has 0 saturated carbocycles. The molecule has 2 fully saturated rings. The third-order valence-electron chi connectivity index (χ3n) is 6.32. The Hall–Kier alpha value is -2.81. The number of fused-ring (bicyclic) bond motifs is 1. The summed E-state index contributed by atoms with van der Waals surface area (Å²) >= 11 is 0. The lowest BCUT2D eigenvalue weighted by molar-refractivity contribution is -0.130. The highest BCUT2D eigenvalue weighted by molar-refractivity contribution is 5.76. The predicted octanol–water partition coefficient (Wildman–Crippen LogP) is 1.89. The van der Waals surface area contributed by atoms with E-state index in [0.717, 1.165) is 82.1 Å². The molecule has 5 rings (SSSR count). The molecule has 0 aliphatic carbocycles. The molecule has 2 aliphatic rings. The second kappa shape index (κ2) is 8.51. The van der Waals surface area contributed by atoms with Crippen molar-refractivity contribution < 1.29 is 4.79 Å². The molecular weight excluding hydrogens is 380 g/mol. The van der Waals surface area contributed by atoms with Crippen LogP contribution in [0.3, 0.4) is 0 Å². The lowest BCUT2D eigenvalue weighted by atomic mass is 9.96. The van der Waals surface area contributed by atoms with Crippen LogP contribution in [-0.2, 0) is 4.79 Å². The number of carbonyl (C=O) groups excluding carboxylic acids is 1. The van der Waals surface area contributed by atoms with Crippen molar-refractivity contribution >= 4 is 11.6 Å². The van der Waals surface area contributed by atoms with Crippen LogP contribution < -0.4 is 0 Å². The maximum Gasteiger partial charge on any atom is 0.222 e. The van der Waals surface area contributed by atoms with Crippen molar-refractivity contribution in [1.82, 2.24) is 39.4 Å². The van der Waals surface area contributed by atoms with E-state index in [1.807, 2.05) is 28.9 Å². The average Bonchev–Trinajstić information content (AvgIpc) is 3.41. The summed E-state index contributed by atoms with van der Waals surface area (Å²) in [6, 6.07) is 5.73. The van der Waals surface area contributed by atoms with Crippen LogP contribution in [0.1, 0.15) is 50.3 Å². The van der Waals surface area contributed by atoms with Gasteiger partial charge in [-0.1, -0.05) is 6.42 Å². The van der Waals surface area contributed by atoms with Gasteiger partial charge in [-0.05, 0) is 57.0 Å². The number of rotatable bonds is 5. The van der Waals surface area contributed by atoms with Crippen molar-refractivity contribution in [3.05, 3.63) is 36.4 Å². The van der Waals surface area contributed by atoms with Crippen molar-refractivity contribution in [3.63, 3.8) is 0 Å². The van der Waals surface area contributed by atoms with Crippen molar-refractivity contribution in [2.24, 2.45) is 0 Å². The molecule has 9 nitrogen and oxygen atoms in total. The van der Waals surface area contributed by atoms with Gasteiger partial charge in [-0.2, -0.15) is 9.61 Å². The normalized spacial score (nSPS) is 19.5. The smallest absolute Gasteiger partial charge is 0.222 e. The van der Waals surface area contributed by atoms with Crippen molar-refractivity contribution in [2.75, 3.05) is 32.7 Å². The van der Waals surface area contributed by atoms with Gasteiger partial charge >= 0.3 is 0 Å². The fraction of sp³-hybridized carbons (Fsp3) is 0.571. The van der Waals surface area contributed by atoms with Crippen LogP contribution in [0.4, 0.5) is 0 Å². The zero-order chi connectivity index (χ0) is 20.3. The molecule has 0 radical (unpaired) electrons. The summed E-state index contributed by atoms with van der Waals surface area (Å²) in [4.78, 5) is 16.7. The summed E-state index contributed by atoms with van der Waals surface area (Å²) in [6.45, 7) is 4.76. The summed E-state index contributed by atoms with van der Waals surface area (Å²) in [7, 11) is 0. The van der Waals surface area contributed by atoms with Crippen LogP contribution in [0.15, 0.2) is 30.6 Å². The van der Waals surface area contributed by atoms with Crippen molar-refractivity contribution in [2.45, 2.75) is 44.4 Å². The molecule has 0 bridgehead atoms. The molecule has 2 saturated heterocycles. The van der Waals surface area contributed by atoms with E-state index in [9.17, 15) is 4.79 Å². The Morgan fingerprint density at radius 3 is 2.73 bits per heavy atom. The van der Waals surface area contributed by atoms with Gasteiger partial charge in [0.1, 0.15) is 0 Å². The van der Waals surface area contributed by atoms with Crippen LogP contribution in [0.5, 0.6) is 0 Å². The fourth-order valence-electron chi connectivity index (χ4n) is 4.53. The van der Waals surface area contributed by atoms with Gasteiger partial charge in [0.05, 0.1) is 0 Å². The summed E-state index contributed by atoms with van der Waals surface area (Å²) in [5.74, 6) is 2.36. The van der Waals surface area contributed by atoms with E-state index >= 15 is 0 Å². The van der Waals surface area contributed by atoms with E-state index in [2.05, 4.69) is 25.1 Å². The molecule has 0 unspecified atom stereocenters. The Morgan fingerprint density at radius 2 is 1.90 bits per heavy atom. The fourth-order valence-corrected chi connectivity index (χ4v) is 4.53. The Morgan fingerprint density at radius 1 is 1.00 bits per heavy atom. The zero-order valence-corrected chi connectivity index (χ0v) is 17.2. The maximum atomic E-state index is 12.2. The van der Waals surface area contributed by atoms with Crippen LogP contribution in [0, 0.1) is 0 Å². The van der Waals surface area contributed by atoms with Gasteiger partial charge in [0, 0.05) is 44.4 Å². The van der Waals surface area contributed by atoms with Crippen LogP contribution >= 0.6 is 0 Å². The zero-order valence-electron chi connectivity index (χ0n) is 17.2. The van der Waals surface area contributed by atoms with Gasteiger partial charge in [0.2, 0.25) is 5.91 Å². The minimum Gasteiger partial charge on any atom is -0.341 e. The monoisotopic (exact) mass is 408 g/mol. The molecule has 0 aromatic carbocycles. The standard InChI is InChI=1S/C21H28N8O/c30-20-5-2-1-3-11-27(20)16-15-26-13-8-17(9-14-26)21-24-23-18-6-7-19(25-29(18)21)28-12-4-10-22-28/h4,6-7,10,12,17H,1-3,5,8-9,11,13-16H2. The van der Waals surface area contributed by atoms with Crippen LogP contribution in [0.25, 0.3) is 11.5 Å². The number of hydrogen-bond acceptors (Lipinski definition) is 6. The molecule has 30 heavy (non-hydrogen) atoms. The molecular formula is C21H28N8O. The van der Waals surface area contributed by atoms with Crippen LogP contribution in [-0.4, -0.2) is 78.0 Å². The number of amides is 1. The first-order chi connectivity index (χ1) is 14.8. The van der Waals surface area contributed by atoms with E-state index < -0.39 is 0 Å². The van der Waals surface area contributed by atoms with Gasteiger partial charge in [0.25, 0.3) is 0 Å². The average molecular weight is 409 g/mol. The molecule has 2 aliphatic heterocycles. The second-order valence-electron chi connectivity index (χ2n) is 8.28. The lowest BCUT2D eigenvalue weighted by Crippen LogP contribution is -2.41. The van der Waals surface area contributed by atoms with E-state index in [1.165, 1.54) is 6.42 Å². The summed E-state index contributed by atoms with van der Waals surface area (Å²) in [5, 5.41) is 17.8. The van der Waals surface area contributed by atoms with E-state index in [1.54, 1.807) is 10.9 Å². The third-order valence-corrected chi connectivity index (χ3v) is 6.32. The largest absolute Gasteiger partial charge is 0.341 e. The van der Waals surface area contributed by atoms with E-state index in [4.69, 9.17) is 5.10 Å². The molecule has 1 amide bonds. The molecule has 3 aromatic heterocycles. The predicted molar refractivity (Wildman–Crippen MR) is 111 cm³/mol. The topological polar surface area (TPSA) is 84.5 Å². The number of carbonyl (C=O) groups is 1. The number of piperidine rings is 1. The number of nitrogens with zero attached hydrogens (tertiary/aromatic N) is 8. The lowest BCUT2D eigenvalue weighted by Gasteiger charge is -2.32. The first-order valence-corrected chi connectivity index (χ1v) is 11.0. The summed E-state index contributed by atoms with van der Waals surface area (Å²) < 4.78 is 3.61. The molecule has 0 atom stereocenters. The highest BCUT2D eigenvalue weighted by Crippen LogP contribution is 2.27. The Balaban J connectivity index is 1.22. The van der Waals surface area contributed by atoms with Crippen molar-refractivity contribution in [3.8, 4) is 5.82 Å². The summed E-state index contributed by atoms with van der Waals surface area (Å²) in [6.07, 6.45) is 9.76. The molecule has 3 aromatic rings. The van der Waals surface area contributed by atoms with Crippen molar-refractivity contribution in [1.29, 1.82) is 0 Å². The minimum absolute atomic E-state index is 0.330. The highest BCUT2D eigenvalue weighted by atomic mass is 16.2. The van der Waals surface area contributed by atoms with Gasteiger partial charge in [-0.3, -0.25) is 4.79 Å². The van der Waals surface area contributed by atoms with Crippen LogP contribution in [0.2, 0.25) is 0 Å². The molecule has 9 heteroatoms. The minimum atomic E-state index is 0.330. The first-order valence-electron chi connectivity index (χ1n) is 11.0. The Labute approximate surface area is 175 Å². The Kier molecular flexibility index (Phi) is 5.44. The third kappa shape index (κ3) is 3.94. The second-order valence-corrected chi connectivity index (χ2v) is 8.28.